The van der Waals surface area contributed by atoms with Crippen molar-refractivity contribution < 1.29 is 26.7 Å². The molecule has 1 aliphatic heterocycles. The molecule has 0 saturated carbocycles. The van der Waals surface area contributed by atoms with Gasteiger partial charge in [0.1, 0.15) is 5.69 Å². The second-order valence-corrected chi connectivity index (χ2v) is 5.27. The van der Waals surface area contributed by atoms with Crippen LogP contribution in [-0.2, 0) is 4.79 Å². The highest BCUT2D eigenvalue weighted by molar-refractivity contribution is 7.80. The van der Waals surface area contributed by atoms with Crippen LogP contribution in [0.1, 0.15) is 6.92 Å². The highest BCUT2D eigenvalue weighted by atomic mass is 32.1. The molecule has 1 saturated heterocycles. The molecule has 0 aromatic heterocycles. The number of benzene rings is 1. The molecule has 0 radical (unpaired) electrons. The van der Waals surface area contributed by atoms with E-state index in [2.05, 4.69) is 5.32 Å². The summed E-state index contributed by atoms with van der Waals surface area (Å²) >= 11 is 4.97. The average molecular weight is 353 g/mol. The molecule has 10 heteroatoms. The minimum Gasteiger partial charge on any atom is -0.363 e. The third-order valence-electron chi connectivity index (χ3n) is 3.35. The topological polar surface area (TPSA) is 35.6 Å². The Kier molecular flexibility index (Phi) is 5.03. The van der Waals surface area contributed by atoms with E-state index in [0.717, 1.165) is 4.90 Å². The van der Waals surface area contributed by atoms with Gasteiger partial charge in [-0.15, -0.1) is 0 Å². The molecule has 1 aromatic rings. The molecule has 4 nitrogen and oxygen atoms in total. The van der Waals surface area contributed by atoms with Crippen molar-refractivity contribution in [2.75, 3.05) is 31.1 Å². The number of piperazine rings is 1. The number of nitrogens with zero attached hydrogens (tertiary/aromatic N) is 2. The van der Waals surface area contributed by atoms with E-state index >= 15 is 0 Å². The number of halogens is 5. The van der Waals surface area contributed by atoms with Gasteiger partial charge in [-0.25, -0.2) is 22.0 Å². The van der Waals surface area contributed by atoms with Gasteiger partial charge >= 0.3 is 0 Å². The minimum absolute atomic E-state index is 0.0158. The first kappa shape index (κ1) is 17.4. The van der Waals surface area contributed by atoms with Gasteiger partial charge in [-0.2, -0.15) is 0 Å². The third kappa shape index (κ3) is 3.36. The Morgan fingerprint density at radius 1 is 0.913 bits per heavy atom. The molecular weight excluding hydrogens is 341 g/mol. The summed E-state index contributed by atoms with van der Waals surface area (Å²) in [5.74, 6) is -10.2. The number of carbonyl (C=O) groups is 1. The highest BCUT2D eigenvalue weighted by Gasteiger charge is 2.31. The van der Waals surface area contributed by atoms with E-state index in [-0.39, 0.29) is 37.2 Å². The lowest BCUT2D eigenvalue weighted by atomic mass is 10.2. The number of nitrogens with one attached hydrogen (secondary N) is 1. The van der Waals surface area contributed by atoms with Crippen molar-refractivity contribution in [1.29, 1.82) is 0 Å². The van der Waals surface area contributed by atoms with Crippen LogP contribution >= 0.6 is 12.2 Å². The fraction of sp³-hybridized carbons (Fsp3) is 0.385. The van der Waals surface area contributed by atoms with E-state index in [9.17, 15) is 26.7 Å². The Balaban J connectivity index is 2.18. The number of carbonyl (C=O) groups excluding carboxylic acids is 1. The van der Waals surface area contributed by atoms with Crippen LogP contribution in [0.25, 0.3) is 0 Å². The van der Waals surface area contributed by atoms with Crippen molar-refractivity contribution in [3.63, 3.8) is 0 Å². The van der Waals surface area contributed by atoms with Crippen LogP contribution in [0.15, 0.2) is 0 Å². The standard InChI is InChI=1S/C13H12F5N3OS/c1-6(22)19-13(23)21-4-2-20(3-5-21)12-10(17)8(15)7(14)9(16)11(12)18/h2-5H2,1H3,(H,19,22,23). The number of hydrogen-bond acceptors (Lipinski definition) is 3. The first-order valence-electron chi connectivity index (χ1n) is 6.57. The monoisotopic (exact) mass is 353 g/mol. The number of thiocarbonyl (C=S) groups is 1. The Morgan fingerprint density at radius 2 is 1.35 bits per heavy atom. The van der Waals surface area contributed by atoms with Crippen molar-refractivity contribution >= 4 is 28.9 Å². The molecule has 126 valence electrons. The van der Waals surface area contributed by atoms with Crippen LogP contribution < -0.4 is 10.2 Å². The van der Waals surface area contributed by atoms with Crippen molar-refractivity contribution in [2.24, 2.45) is 0 Å². The molecule has 0 aliphatic carbocycles. The zero-order valence-corrected chi connectivity index (χ0v) is 12.7. The second-order valence-electron chi connectivity index (χ2n) is 4.88. The van der Waals surface area contributed by atoms with E-state index in [0.29, 0.717) is 0 Å². The Hall–Kier alpha value is -1.97. The van der Waals surface area contributed by atoms with Gasteiger partial charge in [-0.05, 0) is 12.2 Å². The van der Waals surface area contributed by atoms with E-state index in [4.69, 9.17) is 12.2 Å². The third-order valence-corrected chi connectivity index (χ3v) is 3.71. The Labute approximate surface area is 133 Å². The van der Waals surface area contributed by atoms with Crippen molar-refractivity contribution in [3.8, 4) is 0 Å². The number of hydrogen-bond donors (Lipinski definition) is 1. The van der Waals surface area contributed by atoms with Crippen LogP contribution in [0, 0.1) is 29.1 Å². The largest absolute Gasteiger partial charge is 0.363 e. The fourth-order valence-corrected chi connectivity index (χ4v) is 2.56. The maximum Gasteiger partial charge on any atom is 0.222 e. The van der Waals surface area contributed by atoms with E-state index in [1.54, 1.807) is 4.90 Å². The minimum atomic E-state index is -2.19. The predicted molar refractivity (Wildman–Crippen MR) is 76.4 cm³/mol. The number of amides is 1. The van der Waals surface area contributed by atoms with Gasteiger partial charge in [0, 0.05) is 33.1 Å². The Bertz CT molecular complexity index is 632. The summed E-state index contributed by atoms with van der Waals surface area (Å²) in [6.45, 7) is 1.57. The first-order chi connectivity index (χ1) is 10.7. The molecular formula is C13H12F5N3OS. The number of anilines is 1. The van der Waals surface area contributed by atoms with Crippen LogP contribution in [0.3, 0.4) is 0 Å². The molecule has 1 fully saturated rings. The molecule has 1 aromatic carbocycles. The quantitative estimate of drug-likeness (QED) is 0.362. The number of rotatable bonds is 1. The van der Waals surface area contributed by atoms with Crippen LogP contribution in [0.5, 0.6) is 0 Å². The molecule has 1 heterocycles. The Morgan fingerprint density at radius 3 is 1.78 bits per heavy atom. The summed E-state index contributed by atoms with van der Waals surface area (Å²) in [7, 11) is 0. The predicted octanol–water partition coefficient (Wildman–Crippen LogP) is 1.93. The molecule has 0 bridgehead atoms. The smallest absolute Gasteiger partial charge is 0.222 e. The van der Waals surface area contributed by atoms with Crippen LogP contribution in [0.4, 0.5) is 27.6 Å². The lowest BCUT2D eigenvalue weighted by Crippen LogP contribution is -2.52. The zero-order valence-electron chi connectivity index (χ0n) is 11.9. The van der Waals surface area contributed by atoms with Gasteiger partial charge in [0.25, 0.3) is 0 Å². The zero-order chi connectivity index (χ0) is 17.3. The normalized spacial score (nSPS) is 14.9. The molecule has 23 heavy (non-hydrogen) atoms. The van der Waals surface area contributed by atoms with E-state index in [1.807, 2.05) is 0 Å². The summed E-state index contributed by atoms with van der Waals surface area (Å²) in [6, 6.07) is 0. The molecule has 0 unspecified atom stereocenters. The molecule has 0 spiro atoms. The summed E-state index contributed by atoms with van der Waals surface area (Å²) in [5.41, 5.74) is -0.952. The highest BCUT2D eigenvalue weighted by Crippen LogP contribution is 2.30. The summed E-state index contributed by atoms with van der Waals surface area (Å²) in [4.78, 5) is 13.6. The van der Waals surface area contributed by atoms with Gasteiger partial charge in [0.05, 0.1) is 0 Å². The maximum atomic E-state index is 13.8. The van der Waals surface area contributed by atoms with E-state index in [1.165, 1.54) is 6.92 Å². The average Bonchev–Trinajstić information content (AvgIpc) is 2.51. The lowest BCUT2D eigenvalue weighted by molar-refractivity contribution is -0.117. The van der Waals surface area contributed by atoms with Crippen LogP contribution in [0.2, 0.25) is 0 Å². The van der Waals surface area contributed by atoms with Crippen molar-refractivity contribution in [1.82, 2.24) is 10.2 Å². The summed E-state index contributed by atoms with van der Waals surface area (Å²) in [6.07, 6.45) is 0. The fourth-order valence-electron chi connectivity index (χ4n) is 2.23. The van der Waals surface area contributed by atoms with Crippen molar-refractivity contribution in [3.05, 3.63) is 29.1 Å². The van der Waals surface area contributed by atoms with Crippen LogP contribution in [-0.4, -0.2) is 42.1 Å². The molecule has 1 amide bonds. The summed E-state index contributed by atoms with van der Waals surface area (Å²) in [5, 5.41) is 2.55. The lowest BCUT2D eigenvalue weighted by Gasteiger charge is -2.37. The van der Waals surface area contributed by atoms with Gasteiger partial charge in [0.15, 0.2) is 28.4 Å². The van der Waals surface area contributed by atoms with Gasteiger partial charge < -0.3 is 15.1 Å². The van der Waals surface area contributed by atoms with Gasteiger partial charge in [-0.1, -0.05) is 0 Å². The second kappa shape index (κ2) is 6.65. The van der Waals surface area contributed by atoms with Gasteiger partial charge in [-0.3, -0.25) is 4.79 Å². The SMILES string of the molecule is CC(=O)NC(=S)N1CCN(c2c(F)c(F)c(F)c(F)c2F)CC1. The molecule has 0 atom stereocenters. The molecule has 2 rings (SSSR count). The molecule has 1 aliphatic rings. The summed E-state index contributed by atoms with van der Waals surface area (Å²) < 4.78 is 67.0. The molecule has 1 N–H and O–H groups in total. The first-order valence-corrected chi connectivity index (χ1v) is 6.97. The van der Waals surface area contributed by atoms with Gasteiger partial charge in [0.2, 0.25) is 11.7 Å². The van der Waals surface area contributed by atoms with E-state index < -0.39 is 34.8 Å². The maximum absolute atomic E-state index is 13.8. The van der Waals surface area contributed by atoms with Crippen molar-refractivity contribution in [2.45, 2.75) is 6.92 Å².